The third-order valence-electron chi connectivity index (χ3n) is 2.89. The number of nitrogens with two attached hydrogens (primary N) is 1. The first kappa shape index (κ1) is 13.2. The van der Waals surface area contributed by atoms with E-state index in [1.165, 1.54) is 6.07 Å². The van der Waals surface area contributed by atoms with Crippen LogP contribution >= 0.6 is 0 Å². The van der Waals surface area contributed by atoms with Crippen LogP contribution in [0.1, 0.15) is 5.56 Å². The highest BCUT2D eigenvalue weighted by Gasteiger charge is 2.33. The Hall–Kier alpha value is -1.24. The first-order valence-electron chi connectivity index (χ1n) is 5.44. The standard InChI is InChI=1S/C11H13F3N2OS/c12-11(13,14)9-7-8(1-2-10(9)15)16-3-5-18(17)6-4-16/h1-2,7H,3-6,15H2. The lowest BCUT2D eigenvalue weighted by Gasteiger charge is -2.29. The fourth-order valence-corrected chi connectivity index (χ4v) is 2.93. The maximum absolute atomic E-state index is 12.7. The lowest BCUT2D eigenvalue weighted by Crippen LogP contribution is -2.37. The van der Waals surface area contributed by atoms with Crippen molar-refractivity contribution in [1.29, 1.82) is 0 Å². The summed E-state index contributed by atoms with van der Waals surface area (Å²) < 4.78 is 49.3. The van der Waals surface area contributed by atoms with Crippen LogP contribution < -0.4 is 10.6 Å². The molecule has 0 bridgehead atoms. The zero-order valence-electron chi connectivity index (χ0n) is 9.54. The van der Waals surface area contributed by atoms with Crippen molar-refractivity contribution in [3.8, 4) is 0 Å². The van der Waals surface area contributed by atoms with Crippen LogP contribution in [0.3, 0.4) is 0 Å². The Morgan fingerprint density at radius 2 is 1.83 bits per heavy atom. The molecule has 1 aromatic rings. The summed E-state index contributed by atoms with van der Waals surface area (Å²) in [7, 11) is -0.850. The second-order valence-electron chi connectivity index (χ2n) is 4.10. The Balaban J connectivity index is 2.27. The Kier molecular flexibility index (Phi) is 3.52. The van der Waals surface area contributed by atoms with Crippen LogP contribution in [0.4, 0.5) is 24.5 Å². The number of benzene rings is 1. The van der Waals surface area contributed by atoms with Crippen molar-refractivity contribution < 1.29 is 17.4 Å². The van der Waals surface area contributed by atoms with Gasteiger partial charge in [-0.05, 0) is 18.2 Å². The largest absolute Gasteiger partial charge is 0.418 e. The summed E-state index contributed by atoms with van der Waals surface area (Å²) in [5.41, 5.74) is 4.74. The minimum atomic E-state index is -4.45. The molecule has 1 heterocycles. The Bertz CT molecular complexity index is 466. The van der Waals surface area contributed by atoms with E-state index in [1.54, 1.807) is 11.0 Å². The topological polar surface area (TPSA) is 46.3 Å². The molecule has 2 N–H and O–H groups in total. The summed E-state index contributed by atoms with van der Waals surface area (Å²) >= 11 is 0. The summed E-state index contributed by atoms with van der Waals surface area (Å²) in [5, 5.41) is 0. The van der Waals surface area contributed by atoms with Gasteiger partial charge in [0, 0.05) is 46.8 Å². The van der Waals surface area contributed by atoms with E-state index in [0.717, 1.165) is 6.07 Å². The molecule has 7 heteroatoms. The van der Waals surface area contributed by atoms with Gasteiger partial charge in [0.25, 0.3) is 0 Å². The zero-order valence-corrected chi connectivity index (χ0v) is 10.4. The van der Waals surface area contributed by atoms with Gasteiger partial charge >= 0.3 is 6.18 Å². The molecule has 1 aliphatic rings. The molecule has 0 atom stereocenters. The minimum absolute atomic E-state index is 0.271. The number of alkyl halides is 3. The summed E-state index contributed by atoms with van der Waals surface area (Å²) in [6.45, 7) is 1.02. The first-order chi connectivity index (χ1) is 8.38. The predicted molar refractivity (Wildman–Crippen MR) is 65.9 cm³/mol. The summed E-state index contributed by atoms with van der Waals surface area (Å²) in [6, 6.07) is 3.89. The van der Waals surface area contributed by atoms with E-state index >= 15 is 0 Å². The number of rotatable bonds is 1. The van der Waals surface area contributed by atoms with E-state index in [4.69, 9.17) is 5.73 Å². The highest BCUT2D eigenvalue weighted by atomic mass is 32.2. The molecule has 1 saturated heterocycles. The van der Waals surface area contributed by atoms with Crippen molar-refractivity contribution in [2.45, 2.75) is 6.18 Å². The summed E-state index contributed by atoms with van der Waals surface area (Å²) in [6.07, 6.45) is -4.45. The zero-order chi connectivity index (χ0) is 13.3. The smallest absolute Gasteiger partial charge is 0.398 e. The van der Waals surface area contributed by atoms with E-state index in [1.807, 2.05) is 0 Å². The molecule has 0 saturated carbocycles. The number of hydrogen-bond acceptors (Lipinski definition) is 3. The van der Waals surface area contributed by atoms with Gasteiger partial charge < -0.3 is 10.6 Å². The minimum Gasteiger partial charge on any atom is -0.398 e. The normalized spacial score (nSPS) is 18.1. The van der Waals surface area contributed by atoms with E-state index < -0.39 is 22.5 Å². The number of nitrogen functional groups attached to an aromatic ring is 1. The van der Waals surface area contributed by atoms with Gasteiger partial charge in [0.1, 0.15) is 0 Å². The molecule has 2 rings (SSSR count). The van der Waals surface area contributed by atoms with Crippen LogP contribution in [-0.2, 0) is 17.0 Å². The fraction of sp³-hybridized carbons (Fsp3) is 0.455. The average Bonchev–Trinajstić information content (AvgIpc) is 2.29. The monoisotopic (exact) mass is 278 g/mol. The van der Waals surface area contributed by atoms with Gasteiger partial charge in [-0.3, -0.25) is 4.21 Å². The Morgan fingerprint density at radius 3 is 2.39 bits per heavy atom. The lowest BCUT2D eigenvalue weighted by atomic mass is 10.1. The molecule has 18 heavy (non-hydrogen) atoms. The van der Waals surface area contributed by atoms with Gasteiger partial charge in [-0.2, -0.15) is 13.2 Å². The number of anilines is 2. The van der Waals surface area contributed by atoms with Crippen LogP contribution in [0.5, 0.6) is 0 Å². The van der Waals surface area contributed by atoms with Crippen molar-refractivity contribution in [2.75, 3.05) is 35.2 Å². The third kappa shape index (κ3) is 2.77. The van der Waals surface area contributed by atoms with E-state index in [0.29, 0.717) is 30.3 Å². The van der Waals surface area contributed by atoms with Gasteiger partial charge in [0.05, 0.1) is 5.56 Å². The molecule has 100 valence electrons. The maximum atomic E-state index is 12.7. The molecule has 1 aliphatic heterocycles. The molecule has 0 amide bonds. The molecule has 0 spiro atoms. The van der Waals surface area contributed by atoms with Gasteiger partial charge in [-0.25, -0.2) is 0 Å². The van der Waals surface area contributed by atoms with Gasteiger partial charge in [0.15, 0.2) is 0 Å². The van der Waals surface area contributed by atoms with Crippen molar-refractivity contribution in [2.24, 2.45) is 0 Å². The maximum Gasteiger partial charge on any atom is 0.418 e. The molecular weight excluding hydrogens is 265 g/mol. The highest BCUT2D eigenvalue weighted by molar-refractivity contribution is 7.85. The molecule has 0 unspecified atom stereocenters. The number of hydrogen-bond donors (Lipinski definition) is 1. The number of halogens is 3. The predicted octanol–water partition coefficient (Wildman–Crippen LogP) is 1.86. The van der Waals surface area contributed by atoms with Crippen molar-refractivity contribution in [1.82, 2.24) is 0 Å². The molecule has 0 radical (unpaired) electrons. The quantitative estimate of drug-likeness (QED) is 0.798. The van der Waals surface area contributed by atoms with Crippen LogP contribution in [-0.4, -0.2) is 28.8 Å². The SMILES string of the molecule is Nc1ccc(N2CCS(=O)CC2)cc1C(F)(F)F. The number of nitrogens with zero attached hydrogens (tertiary/aromatic N) is 1. The third-order valence-corrected chi connectivity index (χ3v) is 4.16. The van der Waals surface area contributed by atoms with Gasteiger partial charge in [0.2, 0.25) is 0 Å². The van der Waals surface area contributed by atoms with E-state index in [2.05, 4.69) is 0 Å². The van der Waals surface area contributed by atoms with Gasteiger partial charge in [-0.15, -0.1) is 0 Å². The van der Waals surface area contributed by atoms with E-state index in [9.17, 15) is 17.4 Å². The van der Waals surface area contributed by atoms with Crippen LogP contribution in [0.2, 0.25) is 0 Å². The van der Waals surface area contributed by atoms with Gasteiger partial charge in [-0.1, -0.05) is 0 Å². The second-order valence-corrected chi connectivity index (χ2v) is 5.80. The second kappa shape index (κ2) is 4.79. The molecule has 0 aromatic heterocycles. The fourth-order valence-electron chi connectivity index (χ4n) is 1.88. The summed E-state index contributed by atoms with van der Waals surface area (Å²) in [4.78, 5) is 1.80. The van der Waals surface area contributed by atoms with E-state index in [-0.39, 0.29) is 5.69 Å². The molecule has 3 nitrogen and oxygen atoms in total. The summed E-state index contributed by atoms with van der Waals surface area (Å²) in [5.74, 6) is 0.984. The van der Waals surface area contributed by atoms with Crippen molar-refractivity contribution in [3.05, 3.63) is 23.8 Å². The molecule has 0 aliphatic carbocycles. The average molecular weight is 278 g/mol. The molecule has 1 fully saturated rings. The van der Waals surface area contributed by atoms with Crippen LogP contribution in [0, 0.1) is 0 Å². The molecular formula is C11H13F3N2OS. The Morgan fingerprint density at radius 1 is 1.22 bits per heavy atom. The van der Waals surface area contributed by atoms with Crippen molar-refractivity contribution in [3.63, 3.8) is 0 Å². The molecule has 1 aromatic carbocycles. The first-order valence-corrected chi connectivity index (χ1v) is 6.93. The van der Waals surface area contributed by atoms with Crippen LogP contribution in [0.25, 0.3) is 0 Å². The van der Waals surface area contributed by atoms with Crippen LogP contribution in [0.15, 0.2) is 18.2 Å². The highest BCUT2D eigenvalue weighted by Crippen LogP contribution is 2.36. The Labute approximate surface area is 105 Å². The lowest BCUT2D eigenvalue weighted by molar-refractivity contribution is -0.136. The van der Waals surface area contributed by atoms with Crippen molar-refractivity contribution >= 4 is 22.2 Å².